The minimum atomic E-state index is 1.000. The molecule has 104 valence electrons. The molecular formula is C12H20S2Se2Te2. The first-order chi connectivity index (χ1) is 8.72. The SMILES string of the molecule is [TeH]C(CC1CS1)C1C[Se]C(C([TeH])CC2CS2)[Se]C1. The molecule has 0 aliphatic carbocycles. The van der Waals surface area contributed by atoms with Gasteiger partial charge in [-0.25, -0.2) is 0 Å². The predicted octanol–water partition coefficient (Wildman–Crippen LogP) is 2.00. The van der Waals surface area contributed by atoms with Crippen molar-refractivity contribution in [2.24, 2.45) is 5.92 Å². The van der Waals surface area contributed by atoms with E-state index in [1.165, 1.54) is 15.2 Å². The van der Waals surface area contributed by atoms with Crippen molar-refractivity contribution < 1.29 is 0 Å². The molecule has 3 heterocycles. The molecule has 3 fully saturated rings. The Kier molecular flexibility index (Phi) is 6.95. The van der Waals surface area contributed by atoms with Crippen LogP contribution in [0.3, 0.4) is 0 Å². The first-order valence-corrected chi connectivity index (χ1v) is 16.0. The van der Waals surface area contributed by atoms with Gasteiger partial charge in [-0.2, -0.15) is 0 Å². The zero-order chi connectivity index (χ0) is 12.5. The van der Waals surface area contributed by atoms with E-state index >= 15 is 0 Å². The predicted molar refractivity (Wildman–Crippen MR) is 91.9 cm³/mol. The van der Waals surface area contributed by atoms with Crippen LogP contribution >= 0.6 is 23.5 Å². The summed E-state index contributed by atoms with van der Waals surface area (Å²) in [5.74, 6) is 4.10. The van der Waals surface area contributed by atoms with Gasteiger partial charge in [-0.05, 0) is 0 Å². The van der Waals surface area contributed by atoms with Gasteiger partial charge in [0.2, 0.25) is 0 Å². The second kappa shape index (κ2) is 7.73. The van der Waals surface area contributed by atoms with E-state index in [1.807, 2.05) is 0 Å². The van der Waals surface area contributed by atoms with E-state index in [9.17, 15) is 0 Å². The Balaban J connectivity index is 1.39. The fraction of sp³-hybridized carbons (Fsp3) is 1.00. The third-order valence-electron chi connectivity index (χ3n) is 3.62. The first-order valence-electron chi connectivity index (χ1n) is 6.55. The van der Waals surface area contributed by atoms with Crippen molar-refractivity contribution in [2.45, 2.75) is 45.6 Å². The van der Waals surface area contributed by atoms with Crippen LogP contribution in [-0.4, -0.2) is 96.5 Å². The number of thioether (sulfide) groups is 2. The van der Waals surface area contributed by atoms with Crippen LogP contribution < -0.4 is 0 Å². The maximum atomic E-state index is 2.20. The molecule has 3 aliphatic heterocycles. The van der Waals surface area contributed by atoms with Crippen molar-refractivity contribution in [1.82, 2.24) is 0 Å². The van der Waals surface area contributed by atoms with Crippen LogP contribution in [-0.2, 0) is 0 Å². The molecule has 0 amide bonds. The molecular weight excluding hydrogens is 621 g/mol. The van der Waals surface area contributed by atoms with Gasteiger partial charge in [0.05, 0.1) is 0 Å². The maximum absolute atomic E-state index is 2.20. The van der Waals surface area contributed by atoms with E-state index in [1.54, 1.807) is 23.5 Å². The van der Waals surface area contributed by atoms with E-state index in [-0.39, 0.29) is 0 Å². The van der Waals surface area contributed by atoms with Gasteiger partial charge in [-0.1, -0.05) is 0 Å². The van der Waals surface area contributed by atoms with E-state index in [4.69, 9.17) is 0 Å². The summed E-state index contributed by atoms with van der Waals surface area (Å²) in [6.07, 6.45) is 3.12. The van der Waals surface area contributed by atoms with Gasteiger partial charge in [0, 0.05) is 0 Å². The Morgan fingerprint density at radius 2 is 1.44 bits per heavy atom. The second-order valence-electron chi connectivity index (χ2n) is 5.31. The summed E-state index contributed by atoms with van der Waals surface area (Å²) in [5, 5.41) is 5.42. The Morgan fingerprint density at radius 1 is 0.944 bits per heavy atom. The van der Waals surface area contributed by atoms with Crippen molar-refractivity contribution in [3.8, 4) is 0 Å². The molecule has 4 atom stereocenters. The molecule has 0 nitrogen and oxygen atoms in total. The Hall–Kier alpha value is 3.32. The molecule has 0 saturated carbocycles. The Bertz CT molecular complexity index is 251. The molecule has 0 N–H and O–H groups in total. The summed E-state index contributed by atoms with van der Waals surface area (Å²) in [6, 6.07) is 0. The minimum absolute atomic E-state index is 1.000. The summed E-state index contributed by atoms with van der Waals surface area (Å²) >= 11 is 10.7. The van der Waals surface area contributed by atoms with Crippen LogP contribution in [0.1, 0.15) is 12.8 Å². The van der Waals surface area contributed by atoms with Gasteiger partial charge in [-0.3, -0.25) is 0 Å². The second-order valence-corrected chi connectivity index (χ2v) is 18.2. The average Bonchev–Trinajstić information content (AvgIpc) is 3.25. The van der Waals surface area contributed by atoms with Crippen LogP contribution in [0.5, 0.6) is 0 Å². The van der Waals surface area contributed by atoms with Gasteiger partial charge in [-0.15, -0.1) is 0 Å². The summed E-state index contributed by atoms with van der Waals surface area (Å²) < 4.78 is 3.41. The van der Waals surface area contributed by atoms with Gasteiger partial charge >= 0.3 is 161 Å². The zero-order valence-corrected chi connectivity index (χ0v) is 20.4. The van der Waals surface area contributed by atoms with Gasteiger partial charge in [0.1, 0.15) is 0 Å². The fourth-order valence-corrected chi connectivity index (χ4v) is 19.2. The third kappa shape index (κ3) is 5.20. The first kappa shape index (κ1) is 16.2. The van der Waals surface area contributed by atoms with Crippen molar-refractivity contribution in [3.05, 3.63) is 0 Å². The van der Waals surface area contributed by atoms with E-state index in [0.717, 1.165) is 54.3 Å². The zero-order valence-electron chi connectivity index (χ0n) is 10.2. The molecule has 0 spiro atoms. The van der Waals surface area contributed by atoms with Crippen LogP contribution in [0.15, 0.2) is 0 Å². The van der Waals surface area contributed by atoms with Gasteiger partial charge < -0.3 is 0 Å². The number of hydrogen-bond acceptors (Lipinski definition) is 2. The van der Waals surface area contributed by atoms with Crippen LogP contribution in [0.4, 0.5) is 0 Å². The van der Waals surface area contributed by atoms with Crippen molar-refractivity contribution in [3.63, 3.8) is 0 Å². The topological polar surface area (TPSA) is 0 Å². The molecule has 3 aliphatic rings. The summed E-state index contributed by atoms with van der Waals surface area (Å²) in [6.45, 7) is 0. The monoisotopic (exact) mass is 648 g/mol. The molecule has 3 saturated heterocycles. The van der Waals surface area contributed by atoms with Crippen LogP contribution in [0.25, 0.3) is 0 Å². The fourth-order valence-electron chi connectivity index (χ4n) is 2.23. The molecule has 0 radical (unpaired) electrons. The Morgan fingerprint density at radius 3 is 1.94 bits per heavy atom. The van der Waals surface area contributed by atoms with Crippen LogP contribution in [0.2, 0.25) is 22.3 Å². The molecule has 4 unspecified atom stereocenters. The third-order valence-corrected chi connectivity index (χ3v) is 19.9. The molecule has 3 rings (SSSR count). The molecule has 6 heteroatoms. The quantitative estimate of drug-likeness (QED) is 0.322. The summed E-state index contributed by atoms with van der Waals surface area (Å²) in [5.41, 5.74) is 0. The van der Waals surface area contributed by atoms with Gasteiger partial charge in [0.25, 0.3) is 0 Å². The van der Waals surface area contributed by atoms with E-state index in [0.29, 0.717) is 0 Å². The van der Waals surface area contributed by atoms with Crippen molar-refractivity contribution in [2.75, 3.05) is 11.5 Å². The normalized spacial score (nSPS) is 42.3. The molecule has 0 aromatic heterocycles. The number of hydrogen-bond donors (Lipinski definition) is 0. The standard InChI is InChI=1S/C12H20S2Se2Te2/c17-10(1-8-3-13-8)7-5-15-12(16-6-7)11(18)2-9-4-14-9/h7-12,17-18H,1-6H2. The van der Waals surface area contributed by atoms with E-state index in [2.05, 4.69) is 68.1 Å². The Labute approximate surface area is 159 Å². The van der Waals surface area contributed by atoms with E-state index < -0.39 is 0 Å². The van der Waals surface area contributed by atoms with Crippen molar-refractivity contribution >= 4 is 98.0 Å². The molecule has 0 aromatic rings. The van der Waals surface area contributed by atoms with Crippen LogP contribution in [0, 0.1) is 5.92 Å². The van der Waals surface area contributed by atoms with Crippen molar-refractivity contribution in [1.29, 1.82) is 0 Å². The average molecular weight is 642 g/mol. The molecule has 0 bridgehead atoms. The molecule has 0 aromatic carbocycles. The number of rotatable bonds is 6. The summed E-state index contributed by atoms with van der Waals surface area (Å²) in [7, 11) is 0. The van der Waals surface area contributed by atoms with Gasteiger partial charge in [0.15, 0.2) is 0 Å². The summed E-state index contributed by atoms with van der Waals surface area (Å²) in [4.78, 5) is 0. The molecule has 18 heavy (non-hydrogen) atoms.